The highest BCUT2D eigenvalue weighted by molar-refractivity contribution is 6.02. The Labute approximate surface area is 172 Å². The van der Waals surface area contributed by atoms with Crippen molar-refractivity contribution in [3.05, 3.63) is 48.7 Å². The molecular formula is C20H21N9O. The Hall–Kier alpha value is -3.66. The van der Waals surface area contributed by atoms with Crippen LogP contribution in [0.5, 0.6) is 0 Å². The van der Waals surface area contributed by atoms with Crippen molar-refractivity contribution in [1.29, 1.82) is 0 Å². The molecule has 0 saturated carbocycles. The highest BCUT2D eigenvalue weighted by atomic mass is 16.2. The summed E-state index contributed by atoms with van der Waals surface area (Å²) in [6.45, 7) is 1.89. The molecule has 4 aromatic rings. The van der Waals surface area contributed by atoms with E-state index in [1.807, 2.05) is 25.4 Å². The lowest BCUT2D eigenvalue weighted by Gasteiger charge is -2.22. The van der Waals surface area contributed by atoms with Gasteiger partial charge >= 0.3 is 0 Å². The van der Waals surface area contributed by atoms with Crippen LogP contribution in [0, 0.1) is 0 Å². The molecule has 0 bridgehead atoms. The summed E-state index contributed by atoms with van der Waals surface area (Å²) in [6, 6.07) is 5.91. The first kappa shape index (κ1) is 18.4. The number of aromatic nitrogens is 7. The Morgan fingerprint density at radius 1 is 1.20 bits per heavy atom. The van der Waals surface area contributed by atoms with E-state index in [2.05, 4.69) is 36.0 Å². The smallest absolute Gasteiger partial charge is 0.278 e. The minimum atomic E-state index is -0.342. The van der Waals surface area contributed by atoms with E-state index < -0.39 is 0 Å². The van der Waals surface area contributed by atoms with Crippen molar-refractivity contribution in [3.8, 4) is 11.3 Å². The zero-order chi connectivity index (χ0) is 20.5. The number of carbonyl (C=O) groups is 1. The third-order valence-electron chi connectivity index (χ3n) is 5.24. The molecule has 152 valence electrons. The molecule has 0 radical (unpaired) electrons. The maximum absolute atomic E-state index is 12.6. The average Bonchev–Trinajstić information content (AvgIpc) is 3.43. The van der Waals surface area contributed by atoms with Gasteiger partial charge < -0.3 is 10.6 Å². The molecule has 1 aliphatic rings. The van der Waals surface area contributed by atoms with Gasteiger partial charge in [-0.05, 0) is 38.1 Å². The van der Waals surface area contributed by atoms with E-state index in [0.717, 1.165) is 48.1 Å². The van der Waals surface area contributed by atoms with E-state index in [1.54, 1.807) is 34.0 Å². The second-order valence-electron chi connectivity index (χ2n) is 7.38. The molecule has 0 aliphatic carbocycles. The molecular weight excluding hydrogens is 382 g/mol. The Morgan fingerprint density at radius 2 is 2.07 bits per heavy atom. The van der Waals surface area contributed by atoms with E-state index in [9.17, 15) is 4.79 Å². The van der Waals surface area contributed by atoms with Gasteiger partial charge in [-0.15, -0.1) is 5.10 Å². The van der Waals surface area contributed by atoms with Crippen LogP contribution in [-0.2, 0) is 7.05 Å². The van der Waals surface area contributed by atoms with E-state index in [-0.39, 0.29) is 17.6 Å². The number of hydrogen-bond acceptors (Lipinski definition) is 7. The molecule has 1 amide bonds. The van der Waals surface area contributed by atoms with Gasteiger partial charge in [0.1, 0.15) is 5.82 Å². The number of piperidine rings is 1. The summed E-state index contributed by atoms with van der Waals surface area (Å²) in [5.74, 6) is 0.0743. The average molecular weight is 403 g/mol. The van der Waals surface area contributed by atoms with Gasteiger partial charge in [-0.3, -0.25) is 9.48 Å². The van der Waals surface area contributed by atoms with Crippen molar-refractivity contribution in [2.75, 3.05) is 18.4 Å². The number of pyridine rings is 2. The third-order valence-corrected chi connectivity index (χ3v) is 5.24. The molecule has 1 saturated heterocycles. The molecule has 1 aliphatic heterocycles. The minimum Gasteiger partial charge on any atom is -0.317 e. The minimum absolute atomic E-state index is 0.271. The van der Waals surface area contributed by atoms with E-state index in [0.29, 0.717) is 5.82 Å². The topological polar surface area (TPSA) is 115 Å². The first-order valence-electron chi connectivity index (χ1n) is 9.85. The van der Waals surface area contributed by atoms with Crippen molar-refractivity contribution in [3.63, 3.8) is 0 Å². The molecule has 10 nitrogen and oxygen atoms in total. The third kappa shape index (κ3) is 3.64. The summed E-state index contributed by atoms with van der Waals surface area (Å²) in [6.07, 6.45) is 9.01. The fourth-order valence-electron chi connectivity index (χ4n) is 3.61. The zero-order valence-electron chi connectivity index (χ0n) is 16.5. The van der Waals surface area contributed by atoms with Gasteiger partial charge in [0.05, 0.1) is 29.6 Å². The van der Waals surface area contributed by atoms with Crippen LogP contribution in [0.2, 0.25) is 0 Å². The van der Waals surface area contributed by atoms with Gasteiger partial charge in [0.15, 0.2) is 5.69 Å². The van der Waals surface area contributed by atoms with Crippen LogP contribution in [0.4, 0.5) is 5.82 Å². The monoisotopic (exact) mass is 403 g/mol. The van der Waals surface area contributed by atoms with Crippen LogP contribution in [0.1, 0.15) is 29.4 Å². The van der Waals surface area contributed by atoms with Crippen LogP contribution >= 0.6 is 0 Å². The fraction of sp³-hybridized carbons (Fsp3) is 0.300. The van der Waals surface area contributed by atoms with Crippen molar-refractivity contribution >= 4 is 22.6 Å². The molecule has 5 heterocycles. The number of amides is 1. The van der Waals surface area contributed by atoms with Gasteiger partial charge in [-0.2, -0.15) is 5.10 Å². The number of rotatable bonds is 4. The molecule has 0 unspecified atom stereocenters. The maximum Gasteiger partial charge on any atom is 0.278 e. The maximum atomic E-state index is 12.6. The van der Waals surface area contributed by atoms with E-state index in [1.165, 1.54) is 0 Å². The lowest BCUT2D eigenvalue weighted by atomic mass is 10.1. The molecule has 0 aromatic carbocycles. The lowest BCUT2D eigenvalue weighted by Crippen LogP contribution is -2.29. The highest BCUT2D eigenvalue weighted by Crippen LogP contribution is 2.22. The van der Waals surface area contributed by atoms with Gasteiger partial charge in [0.2, 0.25) is 0 Å². The standard InChI is InChI=1S/C20H21N9O/c1-28-11-14(10-23-28)16-3-2-13-9-22-19(8-17(13)24-16)25-20(30)18-12-29(27-26-18)15-4-6-21-7-5-15/h2-3,8-12,15,21H,4-7H2,1H3,(H,22,25,30). The largest absolute Gasteiger partial charge is 0.317 e. The molecule has 4 aromatic heterocycles. The molecule has 0 spiro atoms. The number of aryl methyl sites for hydroxylation is 1. The first-order valence-corrected chi connectivity index (χ1v) is 9.85. The predicted octanol–water partition coefficient (Wildman–Crippen LogP) is 1.80. The van der Waals surface area contributed by atoms with Crippen LogP contribution in [0.25, 0.3) is 22.2 Å². The number of hydrogen-bond donors (Lipinski definition) is 2. The Balaban J connectivity index is 1.35. The van der Waals surface area contributed by atoms with Crippen LogP contribution in [-0.4, -0.2) is 53.7 Å². The Kier molecular flexibility index (Phi) is 4.68. The number of nitrogens with zero attached hydrogens (tertiary/aromatic N) is 7. The summed E-state index contributed by atoms with van der Waals surface area (Å²) >= 11 is 0. The highest BCUT2D eigenvalue weighted by Gasteiger charge is 2.19. The van der Waals surface area contributed by atoms with E-state index >= 15 is 0 Å². The zero-order valence-corrected chi connectivity index (χ0v) is 16.5. The van der Waals surface area contributed by atoms with Gasteiger partial charge in [-0.25, -0.2) is 14.6 Å². The Bertz CT molecular complexity index is 1210. The SMILES string of the molecule is Cn1cc(-c2ccc3cnc(NC(=O)c4cn(C5CCNCC5)nn4)cc3n2)cn1. The van der Waals surface area contributed by atoms with Crippen molar-refractivity contribution in [1.82, 2.24) is 40.1 Å². The number of fused-ring (bicyclic) bond motifs is 1. The second-order valence-corrected chi connectivity index (χ2v) is 7.38. The number of nitrogens with one attached hydrogen (secondary N) is 2. The van der Waals surface area contributed by atoms with Crippen molar-refractivity contribution in [2.24, 2.45) is 7.05 Å². The van der Waals surface area contributed by atoms with Crippen molar-refractivity contribution in [2.45, 2.75) is 18.9 Å². The molecule has 0 atom stereocenters. The molecule has 5 rings (SSSR count). The summed E-state index contributed by atoms with van der Waals surface area (Å²) in [5.41, 5.74) is 2.74. The molecule has 1 fully saturated rings. The number of anilines is 1. The molecule has 2 N–H and O–H groups in total. The van der Waals surface area contributed by atoms with Crippen LogP contribution in [0.3, 0.4) is 0 Å². The summed E-state index contributed by atoms with van der Waals surface area (Å²) in [7, 11) is 1.86. The van der Waals surface area contributed by atoms with Gasteiger partial charge in [0.25, 0.3) is 5.91 Å². The Morgan fingerprint density at radius 3 is 2.87 bits per heavy atom. The molecule has 30 heavy (non-hydrogen) atoms. The lowest BCUT2D eigenvalue weighted by molar-refractivity contribution is 0.102. The van der Waals surface area contributed by atoms with E-state index in [4.69, 9.17) is 0 Å². The number of carbonyl (C=O) groups excluding carboxylic acids is 1. The predicted molar refractivity (Wildman–Crippen MR) is 111 cm³/mol. The quantitative estimate of drug-likeness (QED) is 0.534. The summed E-state index contributed by atoms with van der Waals surface area (Å²) in [5, 5.41) is 19.4. The van der Waals surface area contributed by atoms with Gasteiger partial charge in [-0.1, -0.05) is 5.21 Å². The van der Waals surface area contributed by atoms with Crippen LogP contribution < -0.4 is 10.6 Å². The van der Waals surface area contributed by atoms with Crippen molar-refractivity contribution < 1.29 is 4.79 Å². The fourth-order valence-corrected chi connectivity index (χ4v) is 3.61. The normalized spacial score (nSPS) is 14.8. The summed E-state index contributed by atoms with van der Waals surface area (Å²) in [4.78, 5) is 21.6. The van der Waals surface area contributed by atoms with Gasteiger partial charge in [0, 0.05) is 36.5 Å². The first-order chi connectivity index (χ1) is 14.7. The van der Waals surface area contributed by atoms with Crippen LogP contribution in [0.15, 0.2) is 43.0 Å². The molecule has 10 heteroatoms. The summed E-state index contributed by atoms with van der Waals surface area (Å²) < 4.78 is 3.52. The second kappa shape index (κ2) is 7.64.